The van der Waals surface area contributed by atoms with Crippen molar-refractivity contribution < 1.29 is 32.9 Å². The van der Waals surface area contributed by atoms with Gasteiger partial charge in [-0.15, -0.1) is 10.2 Å². The van der Waals surface area contributed by atoms with E-state index < -0.39 is 17.8 Å². The topological polar surface area (TPSA) is 130 Å². The Hall–Kier alpha value is -4.10. The lowest BCUT2D eigenvalue weighted by atomic mass is 10.0. The zero-order valence-corrected chi connectivity index (χ0v) is 23.7. The fourth-order valence-corrected chi connectivity index (χ4v) is 5.21. The van der Waals surface area contributed by atoms with Crippen LogP contribution in [0.15, 0.2) is 42.5 Å². The molecule has 2 amide bonds. The summed E-state index contributed by atoms with van der Waals surface area (Å²) in [5.74, 6) is 0.103. The molecular weight excluding hydrogens is 547 g/mol. The molecule has 42 heavy (non-hydrogen) atoms. The molecule has 12 nitrogen and oxygen atoms in total. The quantitative estimate of drug-likeness (QED) is 0.342. The molecule has 13 heteroatoms. The molecule has 0 saturated carbocycles. The normalized spacial score (nSPS) is 18.9. The van der Waals surface area contributed by atoms with Crippen LogP contribution in [-0.2, 0) is 25.6 Å². The molecule has 0 aliphatic carbocycles. The smallest absolute Gasteiger partial charge is 0.247 e. The number of methoxy groups -OCH3 is 2. The van der Waals surface area contributed by atoms with Crippen molar-refractivity contribution in [3.63, 3.8) is 0 Å². The van der Waals surface area contributed by atoms with Crippen LogP contribution in [-0.4, -0.2) is 89.7 Å². The summed E-state index contributed by atoms with van der Waals surface area (Å²) >= 11 is 0. The number of carbonyl (C=O) groups excluding carboxylic acids is 2. The maximum absolute atomic E-state index is 13.9. The fourth-order valence-electron chi connectivity index (χ4n) is 5.21. The van der Waals surface area contributed by atoms with Crippen LogP contribution in [0.5, 0.6) is 11.5 Å². The van der Waals surface area contributed by atoms with Gasteiger partial charge in [-0.2, -0.15) is 4.80 Å². The maximum Gasteiger partial charge on any atom is 0.247 e. The zero-order chi connectivity index (χ0) is 29.5. The van der Waals surface area contributed by atoms with Gasteiger partial charge in [0.15, 0.2) is 11.5 Å². The van der Waals surface area contributed by atoms with E-state index in [0.29, 0.717) is 48.2 Å². The molecule has 0 radical (unpaired) electrons. The van der Waals surface area contributed by atoms with Gasteiger partial charge in [-0.05, 0) is 66.8 Å². The number of benzene rings is 2. The standard InChI is InChI=1S/C29H35FN6O6/c1-39-24-12-9-20(15-25(24)40-2)28-32-34-36(33-28)18-26(37)35(17-23-6-4-14-42-23)27(19-7-10-21(30)11-8-19)29(38)31-16-22-5-3-13-41-22/h7-12,15,22-23,27H,3-6,13-14,16-18H2,1-2H3,(H,31,38)/t22-,23-,27-/m0/s1. The number of nitrogens with zero attached hydrogens (tertiary/aromatic N) is 5. The summed E-state index contributed by atoms with van der Waals surface area (Å²) in [5.41, 5.74) is 1.10. The first-order chi connectivity index (χ1) is 20.4. The van der Waals surface area contributed by atoms with Gasteiger partial charge in [0.05, 0.1) is 26.4 Å². The predicted octanol–water partition coefficient (Wildman–Crippen LogP) is 2.54. The highest BCUT2D eigenvalue weighted by Gasteiger charge is 2.35. The van der Waals surface area contributed by atoms with Gasteiger partial charge >= 0.3 is 0 Å². The van der Waals surface area contributed by atoms with Crippen molar-refractivity contribution in [2.45, 2.75) is 50.5 Å². The summed E-state index contributed by atoms with van der Waals surface area (Å²) in [6.07, 6.45) is 3.07. The van der Waals surface area contributed by atoms with Crippen molar-refractivity contribution >= 4 is 11.8 Å². The fraction of sp³-hybridized carbons (Fsp3) is 0.483. The number of amides is 2. The van der Waals surface area contributed by atoms with Crippen molar-refractivity contribution in [1.82, 2.24) is 30.4 Å². The van der Waals surface area contributed by atoms with E-state index in [-0.39, 0.29) is 31.2 Å². The van der Waals surface area contributed by atoms with E-state index in [0.717, 1.165) is 25.7 Å². The van der Waals surface area contributed by atoms with Gasteiger partial charge in [-0.1, -0.05) is 12.1 Å². The Labute approximate surface area is 243 Å². The highest BCUT2D eigenvalue weighted by atomic mass is 19.1. The van der Waals surface area contributed by atoms with E-state index in [1.807, 2.05) is 0 Å². The Balaban J connectivity index is 1.40. The molecule has 0 spiro atoms. The van der Waals surface area contributed by atoms with Gasteiger partial charge in [0.1, 0.15) is 18.4 Å². The molecule has 2 aliphatic rings. The highest BCUT2D eigenvalue weighted by Crippen LogP contribution is 2.31. The molecule has 3 atom stereocenters. The first-order valence-corrected chi connectivity index (χ1v) is 14.0. The number of ether oxygens (including phenoxy) is 4. The lowest BCUT2D eigenvalue weighted by molar-refractivity contribution is -0.143. The second kappa shape index (κ2) is 13.7. The van der Waals surface area contributed by atoms with Crippen LogP contribution in [0.3, 0.4) is 0 Å². The monoisotopic (exact) mass is 582 g/mol. The minimum absolute atomic E-state index is 0.0838. The summed E-state index contributed by atoms with van der Waals surface area (Å²) < 4.78 is 36.0. The van der Waals surface area contributed by atoms with E-state index in [9.17, 15) is 14.0 Å². The van der Waals surface area contributed by atoms with Crippen LogP contribution >= 0.6 is 0 Å². The second-order valence-corrected chi connectivity index (χ2v) is 10.2. The Bertz CT molecular complexity index is 1360. The SMILES string of the molecule is COc1ccc(-c2nnn(CC(=O)N(C[C@@H]3CCCO3)[C@H](C(=O)NC[C@@H]3CCCO3)c3ccc(F)cc3)n2)cc1OC. The van der Waals surface area contributed by atoms with Crippen LogP contribution in [0.4, 0.5) is 4.39 Å². The number of carbonyl (C=O) groups is 2. The first-order valence-electron chi connectivity index (χ1n) is 14.0. The molecule has 2 saturated heterocycles. The maximum atomic E-state index is 13.9. The van der Waals surface area contributed by atoms with Crippen molar-refractivity contribution in [3.8, 4) is 22.9 Å². The molecule has 5 rings (SSSR count). The van der Waals surface area contributed by atoms with Gasteiger partial charge in [0, 0.05) is 31.9 Å². The number of tetrazole rings is 1. The van der Waals surface area contributed by atoms with Crippen LogP contribution in [0.1, 0.15) is 37.3 Å². The minimum Gasteiger partial charge on any atom is -0.493 e. The van der Waals surface area contributed by atoms with E-state index in [1.54, 1.807) is 25.3 Å². The number of hydrogen-bond donors (Lipinski definition) is 1. The van der Waals surface area contributed by atoms with Crippen LogP contribution in [0.25, 0.3) is 11.4 Å². The molecule has 0 bridgehead atoms. The Morgan fingerprint density at radius 2 is 1.76 bits per heavy atom. The van der Waals surface area contributed by atoms with Crippen LogP contribution in [0.2, 0.25) is 0 Å². The van der Waals surface area contributed by atoms with Gasteiger partial charge < -0.3 is 29.2 Å². The zero-order valence-electron chi connectivity index (χ0n) is 23.7. The molecule has 224 valence electrons. The summed E-state index contributed by atoms with van der Waals surface area (Å²) in [7, 11) is 3.07. The second-order valence-electron chi connectivity index (χ2n) is 10.2. The third-order valence-electron chi connectivity index (χ3n) is 7.39. The van der Waals surface area contributed by atoms with Crippen molar-refractivity contribution in [2.75, 3.05) is 40.5 Å². The Kier molecular flexibility index (Phi) is 9.59. The number of halogens is 1. The van der Waals surface area contributed by atoms with Crippen LogP contribution in [0, 0.1) is 5.82 Å². The number of aromatic nitrogens is 4. The molecule has 3 heterocycles. The molecule has 2 aliphatic heterocycles. The highest BCUT2D eigenvalue weighted by molar-refractivity contribution is 5.88. The summed E-state index contributed by atoms with van der Waals surface area (Å²) in [5, 5.41) is 15.5. The lowest BCUT2D eigenvalue weighted by Gasteiger charge is -2.33. The average molecular weight is 583 g/mol. The van der Waals surface area contributed by atoms with Crippen molar-refractivity contribution in [1.29, 1.82) is 0 Å². The predicted molar refractivity (Wildman–Crippen MR) is 148 cm³/mol. The molecule has 1 aromatic heterocycles. The largest absolute Gasteiger partial charge is 0.493 e. The van der Waals surface area contributed by atoms with E-state index in [4.69, 9.17) is 18.9 Å². The van der Waals surface area contributed by atoms with Gasteiger partial charge in [-0.25, -0.2) is 4.39 Å². The van der Waals surface area contributed by atoms with Crippen molar-refractivity contribution in [2.24, 2.45) is 0 Å². The lowest BCUT2D eigenvalue weighted by Crippen LogP contribution is -2.48. The first kappa shape index (κ1) is 29.4. The summed E-state index contributed by atoms with van der Waals surface area (Å²) in [6, 6.07) is 9.77. The van der Waals surface area contributed by atoms with Gasteiger partial charge in [0.25, 0.3) is 0 Å². The number of nitrogens with one attached hydrogen (secondary N) is 1. The number of rotatable bonds is 12. The summed E-state index contributed by atoms with van der Waals surface area (Å²) in [6.45, 7) is 1.45. The van der Waals surface area contributed by atoms with E-state index in [2.05, 4.69) is 20.7 Å². The van der Waals surface area contributed by atoms with Gasteiger partial charge in [-0.3, -0.25) is 9.59 Å². The van der Waals surface area contributed by atoms with E-state index in [1.165, 1.54) is 41.1 Å². The molecule has 3 aromatic rings. The Morgan fingerprint density at radius 1 is 1.05 bits per heavy atom. The Morgan fingerprint density at radius 3 is 2.43 bits per heavy atom. The summed E-state index contributed by atoms with van der Waals surface area (Å²) in [4.78, 5) is 30.2. The van der Waals surface area contributed by atoms with Gasteiger partial charge in [0.2, 0.25) is 17.6 Å². The molecule has 0 unspecified atom stereocenters. The average Bonchev–Trinajstić information content (AvgIpc) is 3.80. The minimum atomic E-state index is -1.03. The third kappa shape index (κ3) is 7.02. The van der Waals surface area contributed by atoms with Crippen molar-refractivity contribution in [3.05, 3.63) is 53.8 Å². The molecular formula is C29H35FN6O6. The van der Waals surface area contributed by atoms with E-state index >= 15 is 0 Å². The molecule has 2 aromatic carbocycles. The molecule has 2 fully saturated rings. The third-order valence-corrected chi connectivity index (χ3v) is 7.39. The molecule has 1 N–H and O–H groups in total. The van der Waals surface area contributed by atoms with Crippen LogP contribution < -0.4 is 14.8 Å². The number of hydrogen-bond acceptors (Lipinski definition) is 9.